The summed E-state index contributed by atoms with van der Waals surface area (Å²) < 4.78 is 8.81. The van der Waals surface area contributed by atoms with Gasteiger partial charge in [0.1, 0.15) is 25.5 Å². The van der Waals surface area contributed by atoms with Crippen LogP contribution >= 0.6 is 0 Å². The van der Waals surface area contributed by atoms with Gasteiger partial charge in [-0.15, -0.1) is 0 Å². The molecule has 0 N–H and O–H groups in total. The molecule has 0 amide bonds. The fourth-order valence-corrected chi connectivity index (χ4v) is 1.44. The van der Waals surface area contributed by atoms with Gasteiger partial charge in [-0.05, 0) is 13.3 Å². The van der Waals surface area contributed by atoms with E-state index in [4.69, 9.17) is 16.7 Å². The Labute approximate surface area is 112 Å². The van der Waals surface area contributed by atoms with E-state index < -0.39 is 11.7 Å². The third kappa shape index (κ3) is 4.09. The van der Waals surface area contributed by atoms with E-state index in [0.717, 1.165) is 6.42 Å². The summed E-state index contributed by atoms with van der Waals surface area (Å²) in [5, 5.41) is 8.49. The first-order chi connectivity index (χ1) is 9.12. The highest BCUT2D eigenvalue weighted by Gasteiger charge is 2.11. The van der Waals surface area contributed by atoms with Crippen molar-refractivity contribution in [3.63, 3.8) is 0 Å². The summed E-state index contributed by atoms with van der Waals surface area (Å²) in [6, 6.07) is 0.421. The zero-order valence-electron chi connectivity index (χ0n) is 11.0. The maximum atomic E-state index is 11.2. The minimum absolute atomic E-state index is 0.134. The van der Waals surface area contributed by atoms with Crippen LogP contribution in [0.2, 0.25) is 0 Å². The molecule has 1 unspecified atom stereocenters. The van der Waals surface area contributed by atoms with Gasteiger partial charge < -0.3 is 10.1 Å². The molecule has 6 heteroatoms. The van der Waals surface area contributed by atoms with Gasteiger partial charge in [-0.2, -0.15) is 0 Å². The summed E-state index contributed by atoms with van der Waals surface area (Å²) in [5.74, 6) is 0.642. The number of carbonyl (C=O) groups is 1. The van der Waals surface area contributed by atoms with E-state index in [2.05, 4.69) is 23.3 Å². The van der Waals surface area contributed by atoms with Crippen LogP contribution < -0.4 is 4.57 Å². The second-order valence-electron chi connectivity index (χ2n) is 4.06. The van der Waals surface area contributed by atoms with Crippen LogP contribution in [-0.4, -0.2) is 23.0 Å². The molecule has 0 radical (unpaired) electrons. The number of hydrogen-bond acceptors (Lipinski definition) is 2. The van der Waals surface area contributed by atoms with E-state index in [1.54, 1.807) is 0 Å². The lowest BCUT2D eigenvalue weighted by Gasteiger charge is -2.03. The molecule has 100 valence electrons. The molecule has 0 saturated carbocycles. The Hall–Kier alpha value is -2.38. The topological polar surface area (TPSA) is 61.8 Å². The lowest BCUT2D eigenvalue weighted by Crippen LogP contribution is -2.34. The summed E-state index contributed by atoms with van der Waals surface area (Å²) in [5.41, 5.74) is -0.540. The Morgan fingerprint density at radius 3 is 3.00 bits per heavy atom. The van der Waals surface area contributed by atoms with Crippen LogP contribution in [0.3, 0.4) is 0 Å². The molecule has 0 fully saturated rings. The molecule has 0 aromatic carbocycles. The van der Waals surface area contributed by atoms with Gasteiger partial charge in [0.25, 0.3) is 5.70 Å². The lowest BCUT2D eigenvalue weighted by atomic mass is 10.3. The highest BCUT2D eigenvalue weighted by Crippen LogP contribution is 2.07. The molecular weight excluding hydrogens is 244 g/mol. The number of rotatable bonds is 6. The third-order valence-electron chi connectivity index (χ3n) is 2.81. The molecule has 0 aliphatic rings. The zero-order valence-corrected chi connectivity index (χ0v) is 11.0. The average molecular weight is 260 g/mol. The quantitative estimate of drug-likeness (QED) is 0.255. The Morgan fingerprint density at radius 2 is 2.42 bits per heavy atom. The molecule has 1 aromatic rings. The van der Waals surface area contributed by atoms with Crippen molar-refractivity contribution >= 4 is 11.8 Å². The van der Waals surface area contributed by atoms with Gasteiger partial charge in [0.05, 0.1) is 12.6 Å². The van der Waals surface area contributed by atoms with Gasteiger partial charge >= 0.3 is 5.97 Å². The highest BCUT2D eigenvalue weighted by atomic mass is 16.5. The second-order valence-corrected chi connectivity index (χ2v) is 4.06. The van der Waals surface area contributed by atoms with E-state index in [9.17, 15) is 4.79 Å². The molecule has 6 nitrogen and oxygen atoms in total. The fourth-order valence-electron chi connectivity index (χ4n) is 1.44. The minimum atomic E-state index is -0.862. The van der Waals surface area contributed by atoms with Crippen molar-refractivity contribution in [3.05, 3.63) is 41.2 Å². The molecule has 0 bridgehead atoms. The molecule has 1 rings (SSSR count). The number of carbonyl (C=O) groups excluding carboxylic acids is 1. The van der Waals surface area contributed by atoms with Crippen LogP contribution in [0.1, 0.15) is 26.3 Å². The number of hydrogen-bond donors (Lipinski definition) is 0. The van der Waals surface area contributed by atoms with Crippen molar-refractivity contribution in [3.8, 4) is 0 Å². The average Bonchev–Trinajstić information content (AvgIpc) is 2.88. The number of imidazole rings is 1. The molecule has 0 aliphatic carbocycles. The lowest BCUT2D eigenvalue weighted by molar-refractivity contribution is -0.697. The van der Waals surface area contributed by atoms with Gasteiger partial charge in [0.15, 0.2) is 0 Å². The number of aromatic nitrogens is 2. The molecule has 19 heavy (non-hydrogen) atoms. The standard InChI is InChI=1S/C13H16N4O2/c1-4-11(2)17-6-5-16(10-17)7-8-19-13(18)12(9-14)15-3/h5-6,10-11H,4,7-8H2,1-2H3. The van der Waals surface area contributed by atoms with E-state index in [1.165, 1.54) is 5.87 Å². The first-order valence-corrected chi connectivity index (χ1v) is 6.00. The van der Waals surface area contributed by atoms with Crippen LogP contribution in [0.4, 0.5) is 0 Å². The van der Waals surface area contributed by atoms with Crippen LogP contribution in [0.25, 0.3) is 10.3 Å². The van der Waals surface area contributed by atoms with Gasteiger partial charge in [0, 0.05) is 0 Å². The Balaban J connectivity index is 2.46. The number of esters is 1. The van der Waals surface area contributed by atoms with Crippen molar-refractivity contribution in [2.24, 2.45) is 0 Å². The molecule has 0 spiro atoms. The highest BCUT2D eigenvalue weighted by molar-refractivity contribution is 6.00. The molecular formula is C13H16N4O2. The normalized spacial score (nSPS) is 11.2. The zero-order chi connectivity index (χ0) is 14.3. The van der Waals surface area contributed by atoms with Crippen molar-refractivity contribution in [2.45, 2.75) is 32.9 Å². The van der Waals surface area contributed by atoms with Gasteiger partial charge in [-0.25, -0.2) is 14.0 Å². The summed E-state index contributed by atoms with van der Waals surface area (Å²) in [6.07, 6.45) is 6.83. The van der Waals surface area contributed by atoms with Crippen LogP contribution in [0.5, 0.6) is 0 Å². The van der Waals surface area contributed by atoms with E-state index in [1.807, 2.05) is 23.3 Å². The minimum Gasteiger partial charge on any atom is -0.775 e. The van der Waals surface area contributed by atoms with Gasteiger partial charge in [-0.3, -0.25) is 10.7 Å². The molecule has 1 aromatic heterocycles. The Bertz CT molecular complexity index is 535. The monoisotopic (exact) mass is 260 g/mol. The van der Waals surface area contributed by atoms with Crippen molar-refractivity contribution in [1.82, 2.24) is 4.57 Å². The maximum Gasteiger partial charge on any atom is 0.343 e. The van der Waals surface area contributed by atoms with Crippen molar-refractivity contribution < 1.29 is 14.1 Å². The van der Waals surface area contributed by atoms with Crippen LogP contribution in [0, 0.1) is 6.57 Å². The van der Waals surface area contributed by atoms with Crippen molar-refractivity contribution in [2.75, 3.05) is 6.61 Å². The third-order valence-corrected chi connectivity index (χ3v) is 2.81. The largest absolute Gasteiger partial charge is 0.775 e. The van der Waals surface area contributed by atoms with E-state index in [0.29, 0.717) is 12.6 Å². The maximum absolute atomic E-state index is 11.2. The molecule has 0 saturated heterocycles. The molecule has 1 atom stereocenters. The predicted octanol–water partition coefficient (Wildman–Crippen LogP) is 1.33. The summed E-state index contributed by atoms with van der Waals surface area (Å²) >= 11 is 0. The van der Waals surface area contributed by atoms with Crippen LogP contribution in [0.15, 0.2) is 24.4 Å². The van der Waals surface area contributed by atoms with Gasteiger partial charge in [0.2, 0.25) is 6.33 Å². The first kappa shape index (κ1) is 14.7. The van der Waals surface area contributed by atoms with E-state index in [-0.39, 0.29) is 6.61 Å². The Morgan fingerprint density at radius 1 is 1.68 bits per heavy atom. The Kier molecular flexibility index (Phi) is 5.52. The number of nitrogens with zero attached hydrogens (tertiary/aromatic N) is 4. The van der Waals surface area contributed by atoms with Crippen LogP contribution in [-0.2, 0) is 16.1 Å². The van der Waals surface area contributed by atoms with Gasteiger partial charge in [-0.1, -0.05) is 6.92 Å². The summed E-state index contributed by atoms with van der Waals surface area (Å²) in [4.78, 5) is 14.0. The second kappa shape index (κ2) is 7.14. The molecule has 1 heterocycles. The summed E-state index contributed by atoms with van der Waals surface area (Å²) in [7, 11) is 0. The summed E-state index contributed by atoms with van der Waals surface area (Å²) in [6.45, 7) is 11.5. The van der Waals surface area contributed by atoms with Crippen molar-refractivity contribution in [1.29, 1.82) is 0 Å². The smallest absolute Gasteiger partial charge is 0.343 e. The van der Waals surface area contributed by atoms with E-state index >= 15 is 0 Å². The number of ether oxygens (including phenoxy) is 1. The molecule has 0 aliphatic heterocycles. The SMILES string of the molecule is [C-]#[N+]C(=C=[N-])C(=O)OCC[n+]1ccn(C(C)CC)c1. The first-order valence-electron chi connectivity index (χ1n) is 6.00. The fraction of sp³-hybridized carbons (Fsp3) is 0.462. The predicted molar refractivity (Wildman–Crippen MR) is 69.1 cm³/mol.